The topological polar surface area (TPSA) is 38.9 Å². The van der Waals surface area contributed by atoms with E-state index in [-0.39, 0.29) is 5.82 Å². The van der Waals surface area contributed by atoms with E-state index in [4.69, 9.17) is 5.73 Å². The summed E-state index contributed by atoms with van der Waals surface area (Å²) in [4.78, 5) is 5.64. The molecule has 0 amide bonds. The molecule has 0 saturated carbocycles. The highest BCUT2D eigenvalue weighted by molar-refractivity contribution is 7.15. The van der Waals surface area contributed by atoms with Gasteiger partial charge in [-0.3, -0.25) is 0 Å². The van der Waals surface area contributed by atoms with Crippen LogP contribution in [0.5, 0.6) is 0 Å². The van der Waals surface area contributed by atoms with Crippen LogP contribution in [0.2, 0.25) is 0 Å². The highest BCUT2D eigenvalue weighted by Gasteiger charge is 2.13. The van der Waals surface area contributed by atoms with Crippen molar-refractivity contribution in [2.24, 2.45) is 5.73 Å². The Bertz CT molecular complexity index is 722. The number of benzene rings is 2. The lowest BCUT2D eigenvalue weighted by atomic mass is 10.1. The van der Waals surface area contributed by atoms with Gasteiger partial charge in [0.15, 0.2) is 0 Å². The second-order valence-corrected chi connectivity index (χ2v) is 5.45. The summed E-state index contributed by atoms with van der Waals surface area (Å²) in [7, 11) is 0. The van der Waals surface area contributed by atoms with Gasteiger partial charge in [0, 0.05) is 22.5 Å². The summed E-state index contributed by atoms with van der Waals surface area (Å²) in [6.45, 7) is 0.428. The van der Waals surface area contributed by atoms with Crippen LogP contribution < -0.4 is 5.73 Å². The predicted molar refractivity (Wildman–Crippen MR) is 80.8 cm³/mol. The van der Waals surface area contributed by atoms with Gasteiger partial charge in [0.05, 0.1) is 5.69 Å². The van der Waals surface area contributed by atoms with Gasteiger partial charge in [-0.2, -0.15) is 0 Å². The van der Waals surface area contributed by atoms with E-state index >= 15 is 0 Å². The van der Waals surface area contributed by atoms with E-state index < -0.39 is 0 Å². The number of aromatic nitrogens is 1. The minimum atomic E-state index is -0.256. The van der Waals surface area contributed by atoms with Gasteiger partial charge in [0.1, 0.15) is 10.8 Å². The maximum Gasteiger partial charge on any atom is 0.124 e. The fourth-order valence-corrected chi connectivity index (χ4v) is 3.02. The third kappa shape index (κ3) is 2.48. The molecular formula is C16H13FN2S. The second kappa shape index (κ2) is 5.53. The van der Waals surface area contributed by atoms with E-state index in [9.17, 15) is 4.39 Å². The van der Waals surface area contributed by atoms with Crippen molar-refractivity contribution < 1.29 is 4.39 Å². The predicted octanol–water partition coefficient (Wildman–Crippen LogP) is 4.07. The third-order valence-corrected chi connectivity index (χ3v) is 4.13. The van der Waals surface area contributed by atoms with E-state index in [2.05, 4.69) is 4.98 Å². The Labute approximate surface area is 120 Å². The van der Waals surface area contributed by atoms with Crippen molar-refractivity contribution in [3.8, 4) is 21.8 Å². The number of thiazole rings is 1. The normalized spacial score (nSPS) is 10.7. The average Bonchev–Trinajstić information content (AvgIpc) is 2.92. The van der Waals surface area contributed by atoms with Crippen LogP contribution in [0.25, 0.3) is 21.8 Å². The lowest BCUT2D eigenvalue weighted by Crippen LogP contribution is -1.95. The molecule has 0 saturated heterocycles. The van der Waals surface area contributed by atoms with Crippen molar-refractivity contribution in [2.45, 2.75) is 6.54 Å². The summed E-state index contributed by atoms with van der Waals surface area (Å²) < 4.78 is 13.3. The van der Waals surface area contributed by atoms with E-state index in [0.29, 0.717) is 6.54 Å². The number of nitrogens with two attached hydrogens (primary N) is 1. The lowest BCUT2D eigenvalue weighted by Gasteiger charge is -1.98. The first-order valence-electron chi connectivity index (χ1n) is 6.29. The number of nitrogens with zero attached hydrogens (tertiary/aromatic N) is 1. The van der Waals surface area contributed by atoms with Gasteiger partial charge in [0.2, 0.25) is 0 Å². The van der Waals surface area contributed by atoms with Gasteiger partial charge in [-0.05, 0) is 12.1 Å². The molecule has 0 atom stereocenters. The number of rotatable bonds is 3. The molecule has 3 aromatic rings. The van der Waals surface area contributed by atoms with Gasteiger partial charge >= 0.3 is 0 Å². The summed E-state index contributed by atoms with van der Waals surface area (Å²) >= 11 is 1.51. The molecule has 1 aromatic heterocycles. The molecular weight excluding hydrogens is 271 g/mol. The van der Waals surface area contributed by atoms with Crippen molar-refractivity contribution in [3.63, 3.8) is 0 Å². The molecule has 0 aliphatic carbocycles. The maximum atomic E-state index is 13.3. The summed E-state index contributed by atoms with van der Waals surface area (Å²) in [5.41, 5.74) is 8.51. The molecule has 100 valence electrons. The lowest BCUT2D eigenvalue weighted by molar-refractivity contribution is 0.628. The van der Waals surface area contributed by atoms with E-state index in [1.165, 1.54) is 23.5 Å². The van der Waals surface area contributed by atoms with Crippen LogP contribution >= 0.6 is 11.3 Å². The molecule has 2 N–H and O–H groups in total. The molecule has 2 aromatic carbocycles. The largest absolute Gasteiger partial charge is 0.326 e. The SMILES string of the molecule is NCc1sc(-c2cccc(F)c2)nc1-c1ccccc1. The van der Waals surface area contributed by atoms with Crippen LogP contribution in [-0.2, 0) is 6.54 Å². The van der Waals surface area contributed by atoms with Crippen molar-refractivity contribution in [3.05, 3.63) is 65.3 Å². The first-order chi connectivity index (χ1) is 9.78. The number of halogens is 1. The molecule has 4 heteroatoms. The fourth-order valence-electron chi connectivity index (χ4n) is 2.06. The standard InChI is InChI=1S/C16H13FN2S/c17-13-8-4-7-12(9-13)16-19-15(14(10-18)20-16)11-5-2-1-3-6-11/h1-9H,10,18H2. The van der Waals surface area contributed by atoms with Gasteiger partial charge in [-0.1, -0.05) is 42.5 Å². The molecule has 20 heavy (non-hydrogen) atoms. The highest BCUT2D eigenvalue weighted by atomic mass is 32.1. The van der Waals surface area contributed by atoms with Gasteiger partial charge in [-0.15, -0.1) is 11.3 Å². The molecule has 0 spiro atoms. The van der Waals surface area contributed by atoms with Crippen molar-refractivity contribution in [1.82, 2.24) is 4.98 Å². The summed E-state index contributed by atoms with van der Waals surface area (Å²) in [5, 5.41) is 0.795. The van der Waals surface area contributed by atoms with Crippen LogP contribution in [0.15, 0.2) is 54.6 Å². The van der Waals surface area contributed by atoms with E-state index in [0.717, 1.165) is 26.7 Å². The maximum absolute atomic E-state index is 13.3. The van der Waals surface area contributed by atoms with Crippen LogP contribution in [-0.4, -0.2) is 4.98 Å². The first kappa shape index (κ1) is 13.0. The highest BCUT2D eigenvalue weighted by Crippen LogP contribution is 2.33. The Morgan fingerprint density at radius 2 is 1.75 bits per heavy atom. The Kier molecular flexibility index (Phi) is 3.58. The van der Waals surface area contributed by atoms with Crippen LogP contribution in [0.1, 0.15) is 4.88 Å². The molecule has 0 unspecified atom stereocenters. The molecule has 0 bridgehead atoms. The molecule has 0 aliphatic rings. The molecule has 0 radical (unpaired) electrons. The van der Waals surface area contributed by atoms with Gasteiger partial charge in [0.25, 0.3) is 0 Å². The quantitative estimate of drug-likeness (QED) is 0.787. The Morgan fingerprint density at radius 3 is 2.45 bits per heavy atom. The van der Waals surface area contributed by atoms with E-state index in [1.54, 1.807) is 6.07 Å². The Hall–Kier alpha value is -2.04. The minimum Gasteiger partial charge on any atom is -0.326 e. The van der Waals surface area contributed by atoms with Crippen molar-refractivity contribution in [2.75, 3.05) is 0 Å². The molecule has 2 nitrogen and oxygen atoms in total. The minimum absolute atomic E-state index is 0.256. The van der Waals surface area contributed by atoms with Crippen LogP contribution in [0.4, 0.5) is 4.39 Å². The third-order valence-electron chi connectivity index (χ3n) is 3.00. The fraction of sp³-hybridized carbons (Fsp3) is 0.0625. The zero-order chi connectivity index (χ0) is 13.9. The van der Waals surface area contributed by atoms with Crippen molar-refractivity contribution in [1.29, 1.82) is 0 Å². The molecule has 0 aliphatic heterocycles. The number of hydrogen-bond acceptors (Lipinski definition) is 3. The second-order valence-electron chi connectivity index (χ2n) is 4.37. The molecule has 1 heterocycles. The average molecular weight is 284 g/mol. The van der Waals surface area contributed by atoms with Crippen molar-refractivity contribution >= 4 is 11.3 Å². The first-order valence-corrected chi connectivity index (χ1v) is 7.10. The summed E-state index contributed by atoms with van der Waals surface area (Å²) in [6, 6.07) is 16.4. The zero-order valence-electron chi connectivity index (χ0n) is 10.7. The van der Waals surface area contributed by atoms with Crippen LogP contribution in [0.3, 0.4) is 0 Å². The number of hydrogen-bond donors (Lipinski definition) is 1. The molecule has 0 fully saturated rings. The summed E-state index contributed by atoms with van der Waals surface area (Å²) in [6.07, 6.45) is 0. The van der Waals surface area contributed by atoms with E-state index in [1.807, 2.05) is 36.4 Å². The monoisotopic (exact) mass is 284 g/mol. The molecule has 3 rings (SSSR count). The Morgan fingerprint density at radius 1 is 1.00 bits per heavy atom. The smallest absolute Gasteiger partial charge is 0.124 e. The van der Waals surface area contributed by atoms with Gasteiger partial charge in [-0.25, -0.2) is 9.37 Å². The van der Waals surface area contributed by atoms with Gasteiger partial charge < -0.3 is 5.73 Å². The Balaban J connectivity index is 2.10. The summed E-state index contributed by atoms with van der Waals surface area (Å²) in [5.74, 6) is -0.256. The van der Waals surface area contributed by atoms with Crippen LogP contribution in [0, 0.1) is 5.82 Å². The zero-order valence-corrected chi connectivity index (χ0v) is 11.5.